The first-order valence-electron chi connectivity index (χ1n) is 7.62. The summed E-state index contributed by atoms with van der Waals surface area (Å²) >= 11 is 1.62. The van der Waals surface area contributed by atoms with Gasteiger partial charge in [-0.15, -0.1) is 11.3 Å². The van der Waals surface area contributed by atoms with E-state index in [1.54, 1.807) is 29.5 Å². The number of pyridine rings is 1. The number of benzene rings is 1. The molecule has 0 fully saturated rings. The van der Waals surface area contributed by atoms with Crippen LogP contribution in [0, 0.1) is 0 Å². The van der Waals surface area contributed by atoms with Gasteiger partial charge in [0.1, 0.15) is 18.1 Å². The number of nitrogen functional groups attached to an aromatic ring is 1. The third-order valence-corrected chi connectivity index (χ3v) is 4.36. The van der Waals surface area contributed by atoms with Crippen molar-refractivity contribution in [1.82, 2.24) is 4.98 Å². The van der Waals surface area contributed by atoms with E-state index in [0.29, 0.717) is 17.1 Å². The minimum absolute atomic E-state index is 0.0813. The molecule has 0 spiro atoms. The van der Waals surface area contributed by atoms with Gasteiger partial charge in [0.05, 0.1) is 24.2 Å². The first-order valence-corrected chi connectivity index (χ1v) is 8.50. The maximum absolute atomic E-state index is 12.4. The fourth-order valence-corrected chi connectivity index (χ4v) is 2.93. The summed E-state index contributed by atoms with van der Waals surface area (Å²) in [5.74, 6) is 0.133. The van der Waals surface area contributed by atoms with E-state index >= 15 is 0 Å². The molecule has 0 saturated carbocycles. The molecule has 1 amide bonds. The van der Waals surface area contributed by atoms with Crippen molar-refractivity contribution in [3.8, 4) is 16.2 Å². The van der Waals surface area contributed by atoms with Crippen LogP contribution in [0.5, 0.6) is 5.75 Å². The van der Waals surface area contributed by atoms with Crippen molar-refractivity contribution in [2.24, 2.45) is 0 Å². The topological polar surface area (TPSA) is 97.5 Å². The lowest BCUT2D eigenvalue weighted by Crippen LogP contribution is -2.15. The van der Waals surface area contributed by atoms with Crippen LogP contribution < -0.4 is 15.8 Å². The monoisotopic (exact) mass is 355 g/mol. The van der Waals surface area contributed by atoms with Crippen LogP contribution in [0.1, 0.15) is 10.5 Å². The number of carbonyl (C=O) groups is 1. The van der Waals surface area contributed by atoms with Crippen LogP contribution in [0.4, 0.5) is 11.4 Å². The van der Waals surface area contributed by atoms with Gasteiger partial charge in [0.2, 0.25) is 0 Å². The zero-order valence-electron chi connectivity index (χ0n) is 13.3. The van der Waals surface area contributed by atoms with Gasteiger partial charge in [-0.2, -0.15) is 0 Å². The molecule has 0 aliphatic heterocycles. The van der Waals surface area contributed by atoms with Gasteiger partial charge in [0.25, 0.3) is 5.91 Å². The summed E-state index contributed by atoms with van der Waals surface area (Å²) in [6.45, 7) is 0.0986. The lowest BCUT2D eigenvalue weighted by atomic mass is 10.1. The second-order valence-corrected chi connectivity index (χ2v) is 6.13. The smallest absolute Gasteiger partial charge is 0.274 e. The summed E-state index contributed by atoms with van der Waals surface area (Å²) in [7, 11) is 0. The van der Waals surface area contributed by atoms with E-state index in [2.05, 4.69) is 10.3 Å². The molecule has 0 atom stereocenters. The summed E-state index contributed by atoms with van der Waals surface area (Å²) in [5.41, 5.74) is 8.23. The SMILES string of the molecule is Nc1ccc(-c2cccs2)cc1NC(=O)c1ccc(OCCO)cn1. The molecule has 0 bridgehead atoms. The Hall–Kier alpha value is -2.90. The van der Waals surface area contributed by atoms with Gasteiger partial charge >= 0.3 is 0 Å². The Kier molecular flexibility index (Phi) is 5.27. The summed E-state index contributed by atoms with van der Waals surface area (Å²) in [5, 5.41) is 13.5. The number of amides is 1. The molecule has 3 rings (SSSR count). The van der Waals surface area contributed by atoms with Crippen molar-refractivity contribution in [2.75, 3.05) is 24.3 Å². The number of nitrogens with two attached hydrogens (primary N) is 1. The standard InChI is InChI=1S/C18H17N3O3S/c19-14-5-3-12(17-2-1-9-25-17)10-16(14)21-18(23)15-6-4-13(11-20-15)24-8-7-22/h1-6,9-11,22H,7-8,19H2,(H,21,23). The predicted molar refractivity (Wildman–Crippen MR) is 98.9 cm³/mol. The lowest BCUT2D eigenvalue weighted by molar-refractivity contribution is 0.102. The normalized spacial score (nSPS) is 10.4. The van der Waals surface area contributed by atoms with Gasteiger partial charge in [0, 0.05) is 4.88 Å². The van der Waals surface area contributed by atoms with Crippen LogP contribution in [0.15, 0.2) is 54.0 Å². The summed E-state index contributed by atoms with van der Waals surface area (Å²) in [6.07, 6.45) is 1.44. The van der Waals surface area contributed by atoms with Crippen LogP contribution >= 0.6 is 11.3 Å². The first kappa shape index (κ1) is 16.9. The number of aliphatic hydroxyl groups is 1. The molecule has 128 valence electrons. The van der Waals surface area contributed by atoms with Gasteiger partial charge in [-0.25, -0.2) is 4.98 Å². The minimum atomic E-state index is -0.358. The highest BCUT2D eigenvalue weighted by Gasteiger charge is 2.11. The molecule has 4 N–H and O–H groups in total. The molecular weight excluding hydrogens is 338 g/mol. The Labute approximate surface area is 148 Å². The van der Waals surface area contributed by atoms with Gasteiger partial charge in [0.15, 0.2) is 0 Å². The molecule has 3 aromatic rings. The Bertz CT molecular complexity index is 849. The first-order chi connectivity index (χ1) is 12.2. The Morgan fingerprint density at radius 2 is 2.16 bits per heavy atom. The number of carbonyl (C=O) groups excluding carboxylic acids is 1. The number of hydrogen-bond donors (Lipinski definition) is 3. The number of rotatable bonds is 6. The summed E-state index contributed by atoms with van der Waals surface area (Å²) in [4.78, 5) is 17.6. The third-order valence-electron chi connectivity index (χ3n) is 3.44. The van der Waals surface area contributed by atoms with E-state index in [1.165, 1.54) is 6.20 Å². The fraction of sp³-hybridized carbons (Fsp3) is 0.111. The highest BCUT2D eigenvalue weighted by atomic mass is 32.1. The van der Waals surface area contributed by atoms with Crippen LogP contribution in [0.3, 0.4) is 0 Å². The maximum Gasteiger partial charge on any atom is 0.274 e. The third kappa shape index (κ3) is 4.14. The van der Waals surface area contributed by atoms with Crippen LogP contribution in [0.2, 0.25) is 0 Å². The predicted octanol–water partition coefficient (Wildman–Crippen LogP) is 3.02. The number of thiophene rings is 1. The van der Waals surface area contributed by atoms with Gasteiger partial charge in [-0.1, -0.05) is 12.1 Å². The second-order valence-electron chi connectivity index (χ2n) is 5.18. The number of hydrogen-bond acceptors (Lipinski definition) is 6. The quantitative estimate of drug-likeness (QED) is 0.591. The number of anilines is 2. The summed E-state index contributed by atoms with van der Waals surface area (Å²) in [6, 6.07) is 12.7. The molecule has 0 unspecified atom stereocenters. The number of nitrogens with one attached hydrogen (secondary N) is 1. The zero-order valence-corrected chi connectivity index (χ0v) is 14.1. The van der Waals surface area contributed by atoms with E-state index < -0.39 is 0 Å². The Morgan fingerprint density at radius 1 is 1.28 bits per heavy atom. The van der Waals surface area contributed by atoms with Gasteiger partial charge < -0.3 is 20.9 Å². The molecule has 1 aromatic carbocycles. The van der Waals surface area contributed by atoms with E-state index in [1.807, 2.05) is 29.6 Å². The lowest BCUT2D eigenvalue weighted by Gasteiger charge is -2.10. The molecule has 0 aliphatic rings. The van der Waals surface area contributed by atoms with E-state index in [-0.39, 0.29) is 24.8 Å². The molecule has 2 aromatic heterocycles. The molecule has 0 aliphatic carbocycles. The van der Waals surface area contributed by atoms with Crippen molar-refractivity contribution in [2.45, 2.75) is 0 Å². The molecule has 0 radical (unpaired) electrons. The van der Waals surface area contributed by atoms with Crippen LogP contribution in [-0.2, 0) is 0 Å². The van der Waals surface area contributed by atoms with Crippen LogP contribution in [-0.4, -0.2) is 29.2 Å². The van der Waals surface area contributed by atoms with Gasteiger partial charge in [-0.3, -0.25) is 4.79 Å². The molecule has 7 heteroatoms. The maximum atomic E-state index is 12.4. The molecule has 25 heavy (non-hydrogen) atoms. The average molecular weight is 355 g/mol. The highest BCUT2D eigenvalue weighted by molar-refractivity contribution is 7.13. The molecule has 2 heterocycles. The van der Waals surface area contributed by atoms with E-state index in [0.717, 1.165) is 10.4 Å². The van der Waals surface area contributed by atoms with Crippen molar-refractivity contribution >= 4 is 28.6 Å². The number of aliphatic hydroxyl groups excluding tert-OH is 1. The van der Waals surface area contributed by atoms with Crippen molar-refractivity contribution < 1.29 is 14.6 Å². The zero-order chi connectivity index (χ0) is 17.6. The van der Waals surface area contributed by atoms with E-state index in [4.69, 9.17) is 15.6 Å². The minimum Gasteiger partial charge on any atom is -0.490 e. The fourth-order valence-electron chi connectivity index (χ4n) is 2.21. The van der Waals surface area contributed by atoms with Crippen LogP contribution in [0.25, 0.3) is 10.4 Å². The van der Waals surface area contributed by atoms with E-state index in [9.17, 15) is 4.79 Å². The number of nitrogens with zero attached hydrogens (tertiary/aromatic N) is 1. The molecule has 0 saturated heterocycles. The largest absolute Gasteiger partial charge is 0.490 e. The average Bonchev–Trinajstić information content (AvgIpc) is 3.17. The van der Waals surface area contributed by atoms with Crippen molar-refractivity contribution in [1.29, 1.82) is 0 Å². The number of ether oxygens (including phenoxy) is 1. The van der Waals surface area contributed by atoms with Crippen molar-refractivity contribution in [3.63, 3.8) is 0 Å². The number of aromatic nitrogens is 1. The van der Waals surface area contributed by atoms with Gasteiger partial charge in [-0.05, 0) is 41.3 Å². The Balaban J connectivity index is 1.75. The Morgan fingerprint density at radius 3 is 2.84 bits per heavy atom. The molecule has 6 nitrogen and oxygen atoms in total. The molecular formula is C18H17N3O3S. The van der Waals surface area contributed by atoms with Crippen molar-refractivity contribution in [3.05, 3.63) is 59.7 Å². The second kappa shape index (κ2) is 7.78. The summed E-state index contributed by atoms with van der Waals surface area (Å²) < 4.78 is 5.22. The highest BCUT2D eigenvalue weighted by Crippen LogP contribution is 2.30.